The molecule has 0 bridgehead atoms. The van der Waals surface area contributed by atoms with Gasteiger partial charge < -0.3 is 19.6 Å². The van der Waals surface area contributed by atoms with E-state index < -0.39 is 11.5 Å². The zero-order valence-electron chi connectivity index (χ0n) is 16.5. The summed E-state index contributed by atoms with van der Waals surface area (Å²) in [7, 11) is 3.03. The number of nitrogens with zero attached hydrogens (tertiary/aromatic N) is 1. The van der Waals surface area contributed by atoms with Crippen LogP contribution in [0.1, 0.15) is 21.5 Å². The van der Waals surface area contributed by atoms with Gasteiger partial charge in [-0.3, -0.25) is 9.59 Å². The van der Waals surface area contributed by atoms with Gasteiger partial charge in [-0.25, -0.2) is 0 Å². The SMILES string of the molecule is COc1ccc(NC(=O)c2cccn(OCc3ccccc3C)c2=O)cc1OC. The van der Waals surface area contributed by atoms with Crippen LogP contribution >= 0.6 is 0 Å². The zero-order chi connectivity index (χ0) is 20.8. The Labute approximate surface area is 168 Å². The Hall–Kier alpha value is -3.74. The first-order valence-corrected chi connectivity index (χ1v) is 8.96. The molecule has 0 spiro atoms. The van der Waals surface area contributed by atoms with Crippen LogP contribution in [-0.2, 0) is 6.61 Å². The summed E-state index contributed by atoms with van der Waals surface area (Å²) in [6.07, 6.45) is 1.48. The number of hydrogen-bond acceptors (Lipinski definition) is 5. The predicted molar refractivity (Wildman–Crippen MR) is 110 cm³/mol. The van der Waals surface area contributed by atoms with E-state index in [0.717, 1.165) is 15.9 Å². The molecule has 0 aliphatic heterocycles. The summed E-state index contributed by atoms with van der Waals surface area (Å²) in [5.41, 5.74) is 1.91. The molecule has 1 N–H and O–H groups in total. The van der Waals surface area contributed by atoms with Crippen molar-refractivity contribution in [2.24, 2.45) is 0 Å². The van der Waals surface area contributed by atoms with E-state index in [1.807, 2.05) is 31.2 Å². The highest BCUT2D eigenvalue weighted by atomic mass is 16.7. The molecule has 29 heavy (non-hydrogen) atoms. The van der Waals surface area contributed by atoms with Crippen LogP contribution in [0.4, 0.5) is 5.69 Å². The molecule has 0 fully saturated rings. The van der Waals surface area contributed by atoms with Crippen molar-refractivity contribution in [3.8, 4) is 11.5 Å². The number of hydrogen-bond donors (Lipinski definition) is 1. The molecule has 2 aromatic carbocycles. The van der Waals surface area contributed by atoms with Crippen LogP contribution in [0.2, 0.25) is 0 Å². The molecule has 1 amide bonds. The molecule has 3 rings (SSSR count). The molecule has 0 aliphatic carbocycles. The molecule has 0 aliphatic rings. The summed E-state index contributed by atoms with van der Waals surface area (Å²) >= 11 is 0. The highest BCUT2D eigenvalue weighted by Gasteiger charge is 2.14. The number of anilines is 1. The molecule has 1 aromatic heterocycles. The molecule has 1 heterocycles. The number of nitrogens with one attached hydrogen (secondary N) is 1. The van der Waals surface area contributed by atoms with Gasteiger partial charge >= 0.3 is 0 Å². The number of benzene rings is 2. The van der Waals surface area contributed by atoms with Gasteiger partial charge in [0.05, 0.1) is 14.2 Å². The Kier molecular flexibility index (Phi) is 6.19. The first kappa shape index (κ1) is 20.0. The molecule has 7 nitrogen and oxygen atoms in total. The first-order valence-electron chi connectivity index (χ1n) is 8.96. The molecule has 0 unspecified atom stereocenters. The third kappa shape index (κ3) is 4.57. The topological polar surface area (TPSA) is 78.8 Å². The van der Waals surface area contributed by atoms with Gasteiger partial charge in [0.25, 0.3) is 11.5 Å². The van der Waals surface area contributed by atoms with Crippen molar-refractivity contribution in [2.75, 3.05) is 19.5 Å². The molecule has 3 aromatic rings. The molecule has 0 saturated heterocycles. The summed E-state index contributed by atoms with van der Waals surface area (Å²) in [4.78, 5) is 30.9. The van der Waals surface area contributed by atoms with Crippen LogP contribution in [0.3, 0.4) is 0 Å². The van der Waals surface area contributed by atoms with Crippen molar-refractivity contribution in [1.29, 1.82) is 0 Å². The number of rotatable bonds is 7. The first-order chi connectivity index (χ1) is 14.0. The maximum Gasteiger partial charge on any atom is 0.295 e. The number of methoxy groups -OCH3 is 2. The van der Waals surface area contributed by atoms with Gasteiger partial charge in [0, 0.05) is 18.0 Å². The van der Waals surface area contributed by atoms with E-state index in [9.17, 15) is 9.59 Å². The predicted octanol–water partition coefficient (Wildman–Crippen LogP) is 3.06. The fourth-order valence-corrected chi connectivity index (χ4v) is 2.77. The third-order valence-electron chi connectivity index (χ3n) is 4.42. The van der Waals surface area contributed by atoms with E-state index in [-0.39, 0.29) is 12.2 Å². The third-order valence-corrected chi connectivity index (χ3v) is 4.42. The number of carbonyl (C=O) groups is 1. The van der Waals surface area contributed by atoms with Crippen molar-refractivity contribution in [3.63, 3.8) is 0 Å². The average molecular weight is 394 g/mol. The van der Waals surface area contributed by atoms with Gasteiger partial charge in [0.1, 0.15) is 12.2 Å². The summed E-state index contributed by atoms with van der Waals surface area (Å²) in [6.45, 7) is 2.18. The van der Waals surface area contributed by atoms with E-state index in [0.29, 0.717) is 17.2 Å². The molecule has 0 atom stereocenters. The average Bonchev–Trinajstić information content (AvgIpc) is 2.73. The second-order valence-electron chi connectivity index (χ2n) is 6.28. The second-order valence-corrected chi connectivity index (χ2v) is 6.28. The highest BCUT2D eigenvalue weighted by Crippen LogP contribution is 2.29. The van der Waals surface area contributed by atoms with Gasteiger partial charge in [-0.2, -0.15) is 4.73 Å². The van der Waals surface area contributed by atoms with Gasteiger partial charge in [0.15, 0.2) is 11.5 Å². The van der Waals surface area contributed by atoms with E-state index in [1.165, 1.54) is 26.5 Å². The lowest BCUT2D eigenvalue weighted by Gasteiger charge is -2.12. The Balaban J connectivity index is 1.77. The maximum absolute atomic E-state index is 12.7. The quantitative estimate of drug-likeness (QED) is 0.666. The van der Waals surface area contributed by atoms with E-state index >= 15 is 0 Å². The molecule has 0 radical (unpaired) electrons. The number of amides is 1. The smallest absolute Gasteiger partial charge is 0.295 e. The van der Waals surface area contributed by atoms with E-state index in [1.54, 1.807) is 24.3 Å². The lowest BCUT2D eigenvalue weighted by molar-refractivity contribution is 0.0861. The normalized spacial score (nSPS) is 10.3. The minimum atomic E-state index is -0.545. The Bertz CT molecular complexity index is 1070. The molecular formula is C22H22N2O5. The molecule has 0 saturated carbocycles. The van der Waals surface area contributed by atoms with Crippen LogP contribution < -0.4 is 25.2 Å². The molecular weight excluding hydrogens is 372 g/mol. The number of aromatic nitrogens is 1. The van der Waals surface area contributed by atoms with E-state index in [4.69, 9.17) is 14.3 Å². The highest BCUT2D eigenvalue weighted by molar-refractivity contribution is 6.04. The summed E-state index contributed by atoms with van der Waals surface area (Å²) in [6, 6.07) is 15.7. The number of aryl methyl sites for hydroxylation is 1. The van der Waals surface area contributed by atoms with Crippen LogP contribution in [-0.4, -0.2) is 24.9 Å². The summed E-state index contributed by atoms with van der Waals surface area (Å²) < 4.78 is 11.5. The van der Waals surface area contributed by atoms with Crippen LogP contribution in [0.25, 0.3) is 0 Å². The van der Waals surface area contributed by atoms with Gasteiger partial charge in [-0.15, -0.1) is 0 Å². The van der Waals surface area contributed by atoms with Gasteiger partial charge in [-0.1, -0.05) is 24.3 Å². The van der Waals surface area contributed by atoms with Crippen molar-refractivity contribution >= 4 is 11.6 Å². The Morgan fingerprint density at radius 2 is 1.76 bits per heavy atom. The zero-order valence-corrected chi connectivity index (χ0v) is 16.5. The summed E-state index contributed by atoms with van der Waals surface area (Å²) in [5.74, 6) is 0.463. The number of ether oxygens (including phenoxy) is 2. The maximum atomic E-state index is 12.7. The fraction of sp³-hybridized carbons (Fsp3) is 0.182. The van der Waals surface area contributed by atoms with E-state index in [2.05, 4.69) is 5.32 Å². The fourth-order valence-electron chi connectivity index (χ4n) is 2.77. The largest absolute Gasteiger partial charge is 0.493 e. The minimum absolute atomic E-state index is 0.0351. The van der Waals surface area contributed by atoms with Crippen molar-refractivity contribution < 1.29 is 19.1 Å². The van der Waals surface area contributed by atoms with Crippen molar-refractivity contribution in [1.82, 2.24) is 4.73 Å². The molecule has 150 valence electrons. The lowest BCUT2D eigenvalue weighted by Crippen LogP contribution is -2.32. The Morgan fingerprint density at radius 3 is 2.48 bits per heavy atom. The standard InChI is InChI=1S/C22H22N2O5/c1-15-7-4-5-8-16(15)14-29-24-12-6-9-18(22(24)26)21(25)23-17-10-11-19(27-2)20(13-17)28-3/h4-13H,14H2,1-3H3,(H,23,25). The molecule has 7 heteroatoms. The lowest BCUT2D eigenvalue weighted by atomic mass is 10.1. The monoisotopic (exact) mass is 394 g/mol. The van der Waals surface area contributed by atoms with Crippen molar-refractivity contribution in [3.05, 3.63) is 87.8 Å². The minimum Gasteiger partial charge on any atom is -0.493 e. The van der Waals surface area contributed by atoms with Crippen LogP contribution in [0, 0.1) is 6.92 Å². The van der Waals surface area contributed by atoms with Crippen LogP contribution in [0.15, 0.2) is 65.6 Å². The number of pyridine rings is 1. The van der Waals surface area contributed by atoms with Crippen LogP contribution in [0.5, 0.6) is 11.5 Å². The van der Waals surface area contributed by atoms with Gasteiger partial charge in [0.2, 0.25) is 0 Å². The number of carbonyl (C=O) groups excluding carboxylic acids is 1. The summed E-state index contributed by atoms with van der Waals surface area (Å²) in [5, 5.41) is 2.69. The second kappa shape index (κ2) is 8.97. The van der Waals surface area contributed by atoms with Crippen molar-refractivity contribution in [2.45, 2.75) is 13.5 Å². The Morgan fingerprint density at radius 1 is 1.00 bits per heavy atom. The van der Waals surface area contributed by atoms with Gasteiger partial charge in [-0.05, 0) is 42.3 Å².